The molecule has 0 bridgehead atoms. The monoisotopic (exact) mass is 160 g/mol. The molecule has 0 spiro atoms. The summed E-state index contributed by atoms with van der Waals surface area (Å²) in [4.78, 5) is 0. The Bertz CT molecular complexity index is 161. The van der Waals surface area contributed by atoms with E-state index in [0.29, 0.717) is 6.42 Å². The van der Waals surface area contributed by atoms with Crippen molar-refractivity contribution in [2.45, 2.75) is 32.6 Å². The predicted octanol–water partition coefficient (Wildman–Crippen LogP) is 3.24. The average molecular weight is 160 g/mol. The Labute approximate surface area is 66.3 Å². The van der Waals surface area contributed by atoms with Crippen molar-refractivity contribution in [3.8, 4) is 0 Å². The van der Waals surface area contributed by atoms with E-state index in [2.05, 4.69) is 0 Å². The van der Waals surface area contributed by atoms with Gasteiger partial charge in [-0.15, -0.1) is 0 Å². The zero-order chi connectivity index (χ0) is 8.48. The van der Waals surface area contributed by atoms with Crippen LogP contribution in [0.3, 0.4) is 0 Å². The normalized spacial score (nSPS) is 34.5. The summed E-state index contributed by atoms with van der Waals surface area (Å²) in [5.41, 5.74) is 0. The van der Waals surface area contributed by atoms with Crippen LogP contribution in [0.25, 0.3) is 0 Å². The number of allylic oxidation sites excluding steroid dienone is 2. The topological polar surface area (TPSA) is 0 Å². The summed E-state index contributed by atoms with van der Waals surface area (Å²) in [6, 6.07) is 0. The number of hydrogen-bond acceptors (Lipinski definition) is 0. The molecule has 0 aromatic rings. The summed E-state index contributed by atoms with van der Waals surface area (Å²) >= 11 is 0. The van der Waals surface area contributed by atoms with Crippen LogP contribution < -0.4 is 0 Å². The van der Waals surface area contributed by atoms with Crippen molar-refractivity contribution in [1.82, 2.24) is 0 Å². The van der Waals surface area contributed by atoms with E-state index in [-0.39, 0.29) is 5.92 Å². The molecular formula is C9H14F2. The van der Waals surface area contributed by atoms with Gasteiger partial charge in [-0.1, -0.05) is 26.0 Å². The molecule has 0 amide bonds. The Kier molecular flexibility index (Phi) is 2.31. The summed E-state index contributed by atoms with van der Waals surface area (Å²) < 4.78 is 25.5. The van der Waals surface area contributed by atoms with E-state index in [4.69, 9.17) is 0 Å². The molecule has 11 heavy (non-hydrogen) atoms. The Balaban J connectivity index is 2.45. The molecular weight excluding hydrogens is 146 g/mol. The molecule has 0 nitrogen and oxygen atoms in total. The molecule has 0 radical (unpaired) electrons. The smallest absolute Gasteiger partial charge is 0.206 e. The molecule has 2 heteroatoms. The molecule has 64 valence electrons. The van der Waals surface area contributed by atoms with Gasteiger partial charge in [0.1, 0.15) is 0 Å². The summed E-state index contributed by atoms with van der Waals surface area (Å²) in [7, 11) is 0. The largest absolute Gasteiger partial charge is 0.258 e. The molecule has 0 saturated heterocycles. The fourth-order valence-electron chi connectivity index (χ4n) is 1.49. The molecule has 0 unspecified atom stereocenters. The highest BCUT2D eigenvalue weighted by Crippen LogP contribution is 2.57. The molecule has 1 rings (SSSR count). The van der Waals surface area contributed by atoms with Gasteiger partial charge in [-0.25, -0.2) is 8.78 Å². The van der Waals surface area contributed by atoms with Crippen LogP contribution in [0.2, 0.25) is 0 Å². The minimum atomic E-state index is -2.40. The van der Waals surface area contributed by atoms with Gasteiger partial charge in [0.05, 0.1) is 0 Å². The third-order valence-electron chi connectivity index (χ3n) is 2.28. The summed E-state index contributed by atoms with van der Waals surface area (Å²) in [6.07, 6.45) is 4.93. The van der Waals surface area contributed by atoms with E-state index in [0.717, 1.165) is 6.42 Å². The van der Waals surface area contributed by atoms with E-state index < -0.39 is 11.8 Å². The molecule has 1 aliphatic carbocycles. The van der Waals surface area contributed by atoms with Crippen LogP contribution in [0.1, 0.15) is 26.7 Å². The predicted molar refractivity (Wildman–Crippen MR) is 41.6 cm³/mol. The lowest BCUT2D eigenvalue weighted by atomic mass is 10.2. The number of hydrogen-bond donors (Lipinski definition) is 0. The SMILES string of the molecule is CC/C=C\[C@H]1[C@@H](CC)C1(F)F. The highest BCUT2D eigenvalue weighted by molar-refractivity contribution is 5.14. The molecule has 0 heterocycles. The van der Waals surface area contributed by atoms with Gasteiger partial charge < -0.3 is 0 Å². The Morgan fingerprint density at radius 2 is 2.00 bits per heavy atom. The van der Waals surface area contributed by atoms with Crippen molar-refractivity contribution in [1.29, 1.82) is 0 Å². The van der Waals surface area contributed by atoms with Crippen LogP contribution in [-0.4, -0.2) is 5.92 Å². The standard InChI is InChI=1S/C9H14F2/c1-3-5-6-8-7(4-2)9(8,10)11/h5-8H,3-4H2,1-2H3/b6-5-/t7-,8+/m1/s1. The average Bonchev–Trinajstić information content (AvgIpc) is 2.48. The van der Waals surface area contributed by atoms with Gasteiger partial charge in [-0.3, -0.25) is 0 Å². The first-order valence-electron chi connectivity index (χ1n) is 4.19. The van der Waals surface area contributed by atoms with Crippen molar-refractivity contribution in [3.05, 3.63) is 12.2 Å². The fourth-order valence-corrected chi connectivity index (χ4v) is 1.49. The van der Waals surface area contributed by atoms with Crippen molar-refractivity contribution < 1.29 is 8.78 Å². The van der Waals surface area contributed by atoms with E-state index in [9.17, 15) is 8.78 Å². The molecule has 2 atom stereocenters. The van der Waals surface area contributed by atoms with Crippen LogP contribution in [0.4, 0.5) is 8.78 Å². The van der Waals surface area contributed by atoms with Crippen LogP contribution in [0.5, 0.6) is 0 Å². The maximum Gasteiger partial charge on any atom is 0.258 e. The highest BCUT2D eigenvalue weighted by atomic mass is 19.3. The van der Waals surface area contributed by atoms with E-state index in [1.54, 1.807) is 6.08 Å². The Morgan fingerprint density at radius 1 is 1.36 bits per heavy atom. The zero-order valence-corrected chi connectivity index (χ0v) is 6.98. The van der Waals surface area contributed by atoms with Crippen LogP contribution >= 0.6 is 0 Å². The third-order valence-corrected chi connectivity index (χ3v) is 2.28. The van der Waals surface area contributed by atoms with Gasteiger partial charge in [-0.2, -0.15) is 0 Å². The molecule has 0 N–H and O–H groups in total. The summed E-state index contributed by atoms with van der Waals surface area (Å²) in [5, 5.41) is 0. The number of halogens is 2. The van der Waals surface area contributed by atoms with Crippen molar-refractivity contribution in [2.75, 3.05) is 0 Å². The second kappa shape index (κ2) is 2.92. The van der Waals surface area contributed by atoms with Gasteiger partial charge in [0, 0.05) is 11.8 Å². The van der Waals surface area contributed by atoms with Gasteiger partial charge in [0.25, 0.3) is 5.92 Å². The third kappa shape index (κ3) is 1.44. The Morgan fingerprint density at radius 3 is 2.36 bits per heavy atom. The molecule has 0 aromatic carbocycles. The fraction of sp³-hybridized carbons (Fsp3) is 0.778. The Hall–Kier alpha value is -0.400. The molecule has 0 aromatic heterocycles. The lowest BCUT2D eigenvalue weighted by Crippen LogP contribution is -1.92. The molecule has 1 aliphatic rings. The highest BCUT2D eigenvalue weighted by Gasteiger charge is 2.65. The number of rotatable bonds is 3. The molecule has 1 fully saturated rings. The maximum absolute atomic E-state index is 12.7. The maximum atomic E-state index is 12.7. The van der Waals surface area contributed by atoms with E-state index in [1.807, 2.05) is 19.9 Å². The van der Waals surface area contributed by atoms with Crippen molar-refractivity contribution in [2.24, 2.45) is 11.8 Å². The first kappa shape index (κ1) is 8.69. The minimum Gasteiger partial charge on any atom is -0.206 e. The molecule has 0 aliphatic heterocycles. The quantitative estimate of drug-likeness (QED) is 0.556. The lowest BCUT2D eigenvalue weighted by Gasteiger charge is -1.87. The van der Waals surface area contributed by atoms with Gasteiger partial charge in [0.2, 0.25) is 0 Å². The van der Waals surface area contributed by atoms with E-state index in [1.165, 1.54) is 0 Å². The second-order valence-electron chi connectivity index (χ2n) is 3.05. The summed E-state index contributed by atoms with van der Waals surface area (Å²) in [6.45, 7) is 3.77. The lowest BCUT2D eigenvalue weighted by molar-refractivity contribution is 0.0893. The van der Waals surface area contributed by atoms with Crippen LogP contribution in [-0.2, 0) is 0 Å². The van der Waals surface area contributed by atoms with Crippen LogP contribution in [0.15, 0.2) is 12.2 Å². The van der Waals surface area contributed by atoms with Gasteiger partial charge in [-0.05, 0) is 12.8 Å². The first-order chi connectivity index (χ1) is 5.14. The van der Waals surface area contributed by atoms with Crippen molar-refractivity contribution >= 4 is 0 Å². The first-order valence-corrected chi connectivity index (χ1v) is 4.19. The van der Waals surface area contributed by atoms with Crippen molar-refractivity contribution in [3.63, 3.8) is 0 Å². The number of alkyl halides is 2. The molecule has 1 saturated carbocycles. The summed E-state index contributed by atoms with van der Waals surface area (Å²) in [5.74, 6) is -3.25. The van der Waals surface area contributed by atoms with Crippen LogP contribution in [0, 0.1) is 11.8 Å². The second-order valence-corrected chi connectivity index (χ2v) is 3.05. The van der Waals surface area contributed by atoms with Gasteiger partial charge >= 0.3 is 0 Å². The van der Waals surface area contributed by atoms with Gasteiger partial charge in [0.15, 0.2) is 0 Å². The minimum absolute atomic E-state index is 0.384. The van der Waals surface area contributed by atoms with E-state index >= 15 is 0 Å². The zero-order valence-electron chi connectivity index (χ0n) is 6.98.